The molecule has 100 valence electrons. The number of thiocarbonyl (C=S) groups is 1. The molecule has 1 rings (SSSR count). The Balaban J connectivity index is 3.54. The molecule has 0 bridgehead atoms. The van der Waals surface area contributed by atoms with E-state index in [1.54, 1.807) is 0 Å². The lowest BCUT2D eigenvalue weighted by Crippen LogP contribution is -2.24. The molecule has 0 aliphatic heterocycles. The molecule has 0 aliphatic rings. The monoisotopic (exact) mass is 306 g/mol. The molecule has 0 N–H and O–H groups in total. The highest BCUT2D eigenvalue weighted by Crippen LogP contribution is 2.33. The maximum absolute atomic E-state index is 12.5. The van der Waals surface area contributed by atoms with E-state index in [0.717, 1.165) is 17.6 Å². The van der Waals surface area contributed by atoms with E-state index in [0.29, 0.717) is 6.07 Å². The molecule has 1 aromatic carbocycles. The smallest absolute Gasteiger partial charge is 0.256 e. The minimum absolute atomic E-state index is 0.0528. The van der Waals surface area contributed by atoms with Crippen molar-refractivity contribution in [3.8, 4) is 6.07 Å². The lowest BCUT2D eigenvalue weighted by atomic mass is 10.2. The number of benzene rings is 1. The van der Waals surface area contributed by atoms with Crippen LogP contribution in [0.3, 0.4) is 0 Å². The van der Waals surface area contributed by atoms with Crippen LogP contribution < -0.4 is 0 Å². The molecule has 0 atom stereocenters. The van der Waals surface area contributed by atoms with Gasteiger partial charge in [-0.2, -0.15) is 18.4 Å². The first-order chi connectivity index (χ1) is 8.74. The van der Waals surface area contributed by atoms with Gasteiger partial charge in [-0.1, -0.05) is 12.2 Å². The fraction of sp³-hybridized carbons (Fsp3) is 0.100. The second kappa shape index (κ2) is 5.46. The van der Waals surface area contributed by atoms with Crippen LogP contribution in [0.4, 0.5) is 18.9 Å². The first-order valence-corrected chi connectivity index (χ1v) is 6.53. The Morgan fingerprint density at radius 1 is 1.37 bits per heavy atom. The fourth-order valence-electron chi connectivity index (χ4n) is 1.15. The van der Waals surface area contributed by atoms with Crippen LogP contribution >= 0.6 is 12.2 Å². The summed E-state index contributed by atoms with van der Waals surface area (Å²) in [5.74, 6) is 0. The van der Waals surface area contributed by atoms with Crippen molar-refractivity contribution in [3.05, 3.63) is 23.8 Å². The van der Waals surface area contributed by atoms with Crippen LogP contribution in [0.5, 0.6) is 0 Å². The van der Waals surface area contributed by atoms with Gasteiger partial charge in [-0.25, -0.2) is 8.42 Å². The molecular weight excluding hydrogens is 301 g/mol. The maximum Gasteiger partial charge on any atom is 0.501 e. The number of aliphatic imine (C=N–C) groups is 1. The molecular formula is C10H5F3N2O2S2. The normalized spacial score (nSPS) is 12.3. The highest BCUT2D eigenvalue weighted by molar-refractivity contribution is 7.92. The summed E-state index contributed by atoms with van der Waals surface area (Å²) >= 11 is 4.44. The molecule has 0 radical (unpaired) electrons. The third-order valence-electron chi connectivity index (χ3n) is 1.96. The van der Waals surface area contributed by atoms with Gasteiger partial charge in [-0.3, -0.25) is 4.99 Å². The molecule has 9 heteroatoms. The zero-order valence-electron chi connectivity index (χ0n) is 9.05. The number of alkyl halides is 3. The van der Waals surface area contributed by atoms with Gasteiger partial charge in [-0.05, 0) is 18.2 Å². The summed E-state index contributed by atoms with van der Waals surface area (Å²) in [7, 11) is -5.60. The lowest BCUT2D eigenvalue weighted by Gasteiger charge is -2.09. The Morgan fingerprint density at radius 3 is 2.47 bits per heavy atom. The van der Waals surface area contributed by atoms with Crippen molar-refractivity contribution in [3.63, 3.8) is 0 Å². The van der Waals surface area contributed by atoms with Gasteiger partial charge in [0.25, 0.3) is 9.84 Å². The van der Waals surface area contributed by atoms with E-state index in [4.69, 9.17) is 5.26 Å². The van der Waals surface area contributed by atoms with Crippen molar-refractivity contribution in [2.24, 2.45) is 4.99 Å². The highest BCUT2D eigenvalue weighted by Gasteiger charge is 2.48. The number of hydrogen-bond acceptors (Lipinski definition) is 5. The maximum atomic E-state index is 12.5. The van der Waals surface area contributed by atoms with Crippen LogP contribution in [0.1, 0.15) is 5.56 Å². The summed E-state index contributed by atoms with van der Waals surface area (Å²) < 4.78 is 60.0. The van der Waals surface area contributed by atoms with E-state index in [1.165, 1.54) is 12.1 Å². The highest BCUT2D eigenvalue weighted by atomic mass is 32.2. The van der Waals surface area contributed by atoms with E-state index in [2.05, 4.69) is 17.2 Å². The Hall–Kier alpha value is -1.79. The Morgan fingerprint density at radius 2 is 2.00 bits per heavy atom. The molecule has 0 heterocycles. The number of rotatable bonds is 3. The summed E-state index contributed by atoms with van der Waals surface area (Å²) in [6.45, 7) is 0. The largest absolute Gasteiger partial charge is 0.501 e. The van der Waals surface area contributed by atoms with E-state index in [-0.39, 0.29) is 5.69 Å². The molecule has 0 aromatic heterocycles. The predicted molar refractivity (Wildman–Crippen MR) is 66.2 cm³/mol. The van der Waals surface area contributed by atoms with Gasteiger partial charge in [-0.15, -0.1) is 0 Å². The molecule has 0 saturated heterocycles. The number of sulfone groups is 1. The Labute approximate surface area is 112 Å². The molecule has 19 heavy (non-hydrogen) atoms. The number of halogens is 3. The summed E-state index contributed by atoms with van der Waals surface area (Å²) in [6, 6.07) is 4.24. The van der Waals surface area contributed by atoms with Crippen molar-refractivity contribution in [2.75, 3.05) is 0 Å². The zero-order valence-corrected chi connectivity index (χ0v) is 10.7. The molecule has 0 spiro atoms. The number of nitrogens with zero attached hydrogens (tertiary/aromatic N) is 2. The molecule has 0 amide bonds. The van der Waals surface area contributed by atoms with E-state index >= 15 is 0 Å². The van der Waals surface area contributed by atoms with Gasteiger partial charge in [0.15, 0.2) is 0 Å². The van der Waals surface area contributed by atoms with Crippen molar-refractivity contribution in [2.45, 2.75) is 10.4 Å². The predicted octanol–water partition coefficient (Wildman–Crippen LogP) is 2.55. The standard InChI is InChI=1S/C10H5F3N2O2S2/c11-10(12,13)19(16,17)9-5-8(15-3-4-18)2-1-7(9)6-14/h1-5H. The van der Waals surface area contributed by atoms with Crippen molar-refractivity contribution in [1.82, 2.24) is 0 Å². The second-order valence-electron chi connectivity index (χ2n) is 3.16. The lowest BCUT2D eigenvalue weighted by molar-refractivity contribution is -0.0436. The van der Waals surface area contributed by atoms with Gasteiger partial charge >= 0.3 is 5.51 Å². The van der Waals surface area contributed by atoms with Crippen molar-refractivity contribution >= 4 is 39.3 Å². The minimum Gasteiger partial charge on any atom is -0.256 e. The SMILES string of the molecule is N#Cc1ccc(N=CC=S)cc1S(=O)(=O)C(F)(F)F. The van der Waals surface area contributed by atoms with Crippen molar-refractivity contribution in [1.29, 1.82) is 5.26 Å². The van der Waals surface area contributed by atoms with Gasteiger partial charge in [0.2, 0.25) is 0 Å². The average molecular weight is 306 g/mol. The molecule has 1 aromatic rings. The summed E-state index contributed by atoms with van der Waals surface area (Å²) in [6.07, 6.45) is 1.11. The van der Waals surface area contributed by atoms with Gasteiger partial charge in [0, 0.05) is 11.6 Å². The van der Waals surface area contributed by atoms with Crippen LogP contribution in [0.15, 0.2) is 28.1 Å². The number of nitriles is 1. The van der Waals surface area contributed by atoms with E-state index < -0.39 is 25.8 Å². The fourth-order valence-corrected chi connectivity index (χ4v) is 2.14. The van der Waals surface area contributed by atoms with E-state index in [9.17, 15) is 21.6 Å². The second-order valence-corrected chi connectivity index (χ2v) is 5.34. The zero-order chi connectivity index (χ0) is 14.7. The van der Waals surface area contributed by atoms with Crippen LogP contribution in [-0.4, -0.2) is 25.5 Å². The summed E-state index contributed by atoms with van der Waals surface area (Å²) in [5.41, 5.74) is -6.13. The molecule has 0 fully saturated rings. The molecule has 0 aliphatic carbocycles. The topological polar surface area (TPSA) is 70.3 Å². The summed E-state index contributed by atoms with van der Waals surface area (Å²) in [4.78, 5) is 2.51. The summed E-state index contributed by atoms with van der Waals surface area (Å²) in [5, 5.41) is 9.78. The van der Waals surface area contributed by atoms with Crippen molar-refractivity contribution < 1.29 is 21.6 Å². The minimum atomic E-state index is -5.60. The third kappa shape index (κ3) is 3.15. The average Bonchev–Trinajstić information content (AvgIpc) is 2.34. The van der Waals surface area contributed by atoms with Crippen LogP contribution in [0.2, 0.25) is 0 Å². The van der Waals surface area contributed by atoms with Crippen LogP contribution in [0.25, 0.3) is 0 Å². The first-order valence-electron chi connectivity index (χ1n) is 4.57. The van der Waals surface area contributed by atoms with Gasteiger partial charge in [0.05, 0.1) is 16.1 Å². The number of hydrogen-bond donors (Lipinski definition) is 0. The van der Waals surface area contributed by atoms with E-state index in [1.807, 2.05) is 0 Å². The third-order valence-corrected chi connectivity index (χ3v) is 3.61. The first kappa shape index (κ1) is 15.3. The van der Waals surface area contributed by atoms with Crippen LogP contribution in [0, 0.1) is 11.3 Å². The molecule has 4 nitrogen and oxygen atoms in total. The van der Waals surface area contributed by atoms with Gasteiger partial charge in [0.1, 0.15) is 6.07 Å². The Bertz CT molecular complexity index is 673. The Kier molecular flexibility index (Phi) is 4.39. The quantitative estimate of drug-likeness (QED) is 0.635. The van der Waals surface area contributed by atoms with Crippen LogP contribution in [-0.2, 0) is 9.84 Å². The molecule has 0 saturated carbocycles. The molecule has 0 unspecified atom stereocenters. The van der Waals surface area contributed by atoms with Gasteiger partial charge < -0.3 is 0 Å².